The highest BCUT2D eigenvalue weighted by Gasteiger charge is 2.33. The number of carboxylic acids is 1. The van der Waals surface area contributed by atoms with Gasteiger partial charge in [-0.1, -0.05) is 0 Å². The Morgan fingerprint density at radius 3 is 2.56 bits per heavy atom. The molecular weight excluding hydrogens is 260 g/mol. The van der Waals surface area contributed by atoms with E-state index < -0.39 is 21.7 Å². The zero-order valence-corrected chi connectivity index (χ0v) is 10.6. The second kappa shape index (κ2) is 4.67. The summed E-state index contributed by atoms with van der Waals surface area (Å²) in [7, 11) is -3.81. The number of nitrogens with zero attached hydrogens (tertiary/aromatic N) is 2. The van der Waals surface area contributed by atoms with Crippen LogP contribution in [0.15, 0.2) is 4.90 Å². The monoisotopic (exact) mass is 274 g/mol. The van der Waals surface area contributed by atoms with E-state index in [9.17, 15) is 13.2 Å². The van der Waals surface area contributed by atoms with E-state index in [0.717, 1.165) is 0 Å². The molecule has 1 aromatic rings. The van der Waals surface area contributed by atoms with Gasteiger partial charge in [-0.05, 0) is 6.92 Å². The predicted octanol–water partition coefficient (Wildman–Crippen LogP) is -0.990. The van der Waals surface area contributed by atoms with Crippen molar-refractivity contribution < 1.29 is 18.3 Å². The van der Waals surface area contributed by atoms with Gasteiger partial charge in [0.05, 0.1) is 5.69 Å². The number of H-pyrrole nitrogens is 1. The third-order valence-corrected chi connectivity index (χ3v) is 4.83. The molecule has 2 heterocycles. The van der Waals surface area contributed by atoms with Crippen LogP contribution in [0.5, 0.6) is 0 Å². The lowest BCUT2D eigenvalue weighted by atomic mass is 10.4. The highest BCUT2D eigenvalue weighted by atomic mass is 32.2. The summed E-state index contributed by atoms with van der Waals surface area (Å²) in [5, 5.41) is 17.9. The summed E-state index contributed by atoms with van der Waals surface area (Å²) in [6.07, 6.45) is 0. The third-order valence-electron chi connectivity index (χ3n) is 2.77. The molecule has 18 heavy (non-hydrogen) atoms. The second-order valence-electron chi connectivity index (χ2n) is 3.99. The largest absolute Gasteiger partial charge is 0.476 e. The fourth-order valence-corrected chi connectivity index (χ4v) is 3.62. The van der Waals surface area contributed by atoms with E-state index >= 15 is 0 Å². The lowest BCUT2D eigenvalue weighted by Gasteiger charge is -2.26. The Morgan fingerprint density at radius 1 is 1.39 bits per heavy atom. The number of sulfonamides is 1. The molecule has 0 aromatic carbocycles. The molecule has 0 unspecified atom stereocenters. The first-order valence-electron chi connectivity index (χ1n) is 5.43. The third kappa shape index (κ3) is 2.11. The van der Waals surface area contributed by atoms with E-state index in [1.54, 1.807) is 0 Å². The summed E-state index contributed by atoms with van der Waals surface area (Å²) >= 11 is 0. The molecule has 0 atom stereocenters. The minimum absolute atomic E-state index is 0.239. The Morgan fingerprint density at radius 2 is 2.00 bits per heavy atom. The van der Waals surface area contributed by atoms with Crippen LogP contribution < -0.4 is 5.32 Å². The Bertz CT molecular complexity index is 559. The molecule has 1 aliphatic rings. The molecule has 8 nitrogen and oxygen atoms in total. The molecule has 9 heteroatoms. The average molecular weight is 274 g/mol. The summed E-state index contributed by atoms with van der Waals surface area (Å²) in [6.45, 7) is 3.25. The van der Waals surface area contributed by atoms with E-state index in [4.69, 9.17) is 5.11 Å². The molecule has 0 amide bonds. The van der Waals surface area contributed by atoms with Gasteiger partial charge >= 0.3 is 5.97 Å². The van der Waals surface area contributed by atoms with Gasteiger partial charge in [0.15, 0.2) is 5.69 Å². The summed E-state index contributed by atoms with van der Waals surface area (Å²) in [6, 6.07) is 0. The van der Waals surface area contributed by atoms with Crippen LogP contribution in [0.2, 0.25) is 0 Å². The smallest absolute Gasteiger partial charge is 0.357 e. The van der Waals surface area contributed by atoms with E-state index in [-0.39, 0.29) is 10.6 Å². The van der Waals surface area contributed by atoms with Crippen molar-refractivity contribution in [2.45, 2.75) is 11.8 Å². The standard InChI is InChI=1S/C9H14N4O4S/c1-6-8(7(9(14)15)12-11-6)18(16,17)13-4-2-10-3-5-13/h10H,2-5H2,1H3,(H,11,12)(H,14,15). The number of aromatic amines is 1. The SMILES string of the molecule is Cc1[nH]nc(C(=O)O)c1S(=O)(=O)N1CCNCC1. The number of aromatic carboxylic acids is 1. The van der Waals surface area contributed by atoms with Crippen molar-refractivity contribution in [3.8, 4) is 0 Å². The highest BCUT2D eigenvalue weighted by Crippen LogP contribution is 2.22. The molecular formula is C9H14N4O4S. The van der Waals surface area contributed by atoms with Crippen molar-refractivity contribution >= 4 is 16.0 Å². The van der Waals surface area contributed by atoms with E-state index in [0.29, 0.717) is 26.2 Å². The maximum atomic E-state index is 12.4. The first-order valence-corrected chi connectivity index (χ1v) is 6.87. The molecule has 0 spiro atoms. The van der Waals surface area contributed by atoms with Crippen LogP contribution in [0, 0.1) is 6.92 Å². The summed E-state index contributed by atoms with van der Waals surface area (Å²) < 4.78 is 26.0. The van der Waals surface area contributed by atoms with Crippen LogP contribution >= 0.6 is 0 Å². The minimum Gasteiger partial charge on any atom is -0.476 e. The van der Waals surface area contributed by atoms with E-state index in [1.807, 2.05) is 0 Å². The van der Waals surface area contributed by atoms with Crippen molar-refractivity contribution in [2.24, 2.45) is 0 Å². The molecule has 1 fully saturated rings. The zero-order valence-electron chi connectivity index (χ0n) is 9.80. The van der Waals surface area contributed by atoms with Crippen LogP contribution in [0.3, 0.4) is 0 Å². The number of hydrogen-bond acceptors (Lipinski definition) is 5. The van der Waals surface area contributed by atoms with Crippen molar-refractivity contribution in [1.82, 2.24) is 19.8 Å². The number of carboxylic acid groups (broad SMARTS) is 1. The number of piperazine rings is 1. The van der Waals surface area contributed by atoms with Crippen molar-refractivity contribution in [3.63, 3.8) is 0 Å². The average Bonchev–Trinajstić information content (AvgIpc) is 2.73. The number of aromatic nitrogens is 2. The van der Waals surface area contributed by atoms with Gasteiger partial charge < -0.3 is 10.4 Å². The second-order valence-corrected chi connectivity index (χ2v) is 5.86. The van der Waals surface area contributed by atoms with Crippen molar-refractivity contribution in [1.29, 1.82) is 0 Å². The highest BCUT2D eigenvalue weighted by molar-refractivity contribution is 7.89. The van der Waals surface area contributed by atoms with Crippen LogP contribution in [0.1, 0.15) is 16.2 Å². The molecule has 3 N–H and O–H groups in total. The molecule has 100 valence electrons. The van der Waals surface area contributed by atoms with Gasteiger partial charge in [-0.2, -0.15) is 9.40 Å². The number of hydrogen-bond donors (Lipinski definition) is 3. The molecule has 1 saturated heterocycles. The predicted molar refractivity (Wildman–Crippen MR) is 61.9 cm³/mol. The summed E-state index contributed by atoms with van der Waals surface area (Å²) in [4.78, 5) is 10.7. The molecule has 0 bridgehead atoms. The van der Waals surface area contributed by atoms with Gasteiger partial charge in [-0.3, -0.25) is 5.10 Å². The Kier molecular flexibility index (Phi) is 3.37. The Hall–Kier alpha value is -1.45. The summed E-state index contributed by atoms with van der Waals surface area (Å²) in [5.74, 6) is -1.35. The maximum Gasteiger partial charge on any atom is 0.357 e. The molecule has 1 aromatic heterocycles. The summed E-state index contributed by atoms with van der Waals surface area (Å²) in [5.41, 5.74) is -0.211. The van der Waals surface area contributed by atoms with Crippen LogP contribution in [0.4, 0.5) is 0 Å². The minimum atomic E-state index is -3.81. The van der Waals surface area contributed by atoms with Crippen LogP contribution in [-0.4, -0.2) is 60.2 Å². The van der Waals surface area contributed by atoms with E-state index in [2.05, 4.69) is 15.5 Å². The lowest BCUT2D eigenvalue weighted by molar-refractivity contribution is 0.0686. The topological polar surface area (TPSA) is 115 Å². The fourth-order valence-electron chi connectivity index (χ4n) is 1.89. The molecule has 0 radical (unpaired) electrons. The van der Waals surface area contributed by atoms with Gasteiger partial charge in [0.25, 0.3) is 0 Å². The molecule has 2 rings (SSSR count). The van der Waals surface area contributed by atoms with E-state index in [1.165, 1.54) is 11.2 Å². The normalized spacial score (nSPS) is 17.8. The Balaban J connectivity index is 2.46. The number of aryl methyl sites for hydroxylation is 1. The Labute approximate surface area is 104 Å². The van der Waals surface area contributed by atoms with Crippen molar-refractivity contribution in [3.05, 3.63) is 11.4 Å². The fraction of sp³-hybridized carbons (Fsp3) is 0.556. The van der Waals surface area contributed by atoms with Gasteiger partial charge in [0, 0.05) is 26.2 Å². The quantitative estimate of drug-likeness (QED) is 0.652. The van der Waals surface area contributed by atoms with Crippen molar-refractivity contribution in [2.75, 3.05) is 26.2 Å². The maximum absolute atomic E-state index is 12.4. The molecule has 0 aliphatic carbocycles. The van der Waals surface area contributed by atoms with Crippen LogP contribution in [-0.2, 0) is 10.0 Å². The van der Waals surface area contributed by atoms with Gasteiger partial charge in [-0.15, -0.1) is 0 Å². The molecule has 1 aliphatic heterocycles. The number of nitrogens with one attached hydrogen (secondary N) is 2. The number of rotatable bonds is 3. The first kappa shape index (κ1) is 13.0. The lowest BCUT2D eigenvalue weighted by Crippen LogP contribution is -2.46. The zero-order chi connectivity index (χ0) is 13.3. The van der Waals surface area contributed by atoms with Gasteiger partial charge in [0.1, 0.15) is 4.90 Å². The van der Waals surface area contributed by atoms with Gasteiger partial charge in [-0.25, -0.2) is 13.2 Å². The van der Waals surface area contributed by atoms with Crippen LogP contribution in [0.25, 0.3) is 0 Å². The first-order chi connectivity index (χ1) is 8.44. The number of carbonyl (C=O) groups is 1. The molecule has 0 saturated carbocycles. The van der Waals surface area contributed by atoms with Gasteiger partial charge in [0.2, 0.25) is 10.0 Å².